The number of ether oxygens (including phenoxy) is 2. The van der Waals surface area contributed by atoms with Crippen molar-refractivity contribution in [2.24, 2.45) is 5.92 Å². The molecule has 0 aromatic rings. The summed E-state index contributed by atoms with van der Waals surface area (Å²) in [6.07, 6.45) is 3.46. The number of nitrogens with one attached hydrogen (secondary N) is 1. The lowest BCUT2D eigenvalue weighted by atomic mass is 9.85. The molecule has 3 nitrogen and oxygen atoms in total. The lowest BCUT2D eigenvalue weighted by molar-refractivity contribution is -0.0974. The Kier molecular flexibility index (Phi) is 3.65. The Morgan fingerprint density at radius 3 is 2.93 bits per heavy atom. The largest absolute Gasteiger partial charge is 0.378 e. The van der Waals surface area contributed by atoms with E-state index < -0.39 is 0 Å². The molecule has 1 spiro atoms. The maximum Gasteiger partial charge on any atom is 0.0939 e. The fourth-order valence-electron chi connectivity index (χ4n) is 2.57. The summed E-state index contributed by atoms with van der Waals surface area (Å²) >= 11 is 0. The van der Waals surface area contributed by atoms with E-state index in [1.807, 2.05) is 0 Å². The van der Waals surface area contributed by atoms with E-state index in [0.29, 0.717) is 6.04 Å². The van der Waals surface area contributed by atoms with Crippen molar-refractivity contribution >= 4 is 0 Å². The molecule has 0 saturated carbocycles. The highest BCUT2D eigenvalue weighted by Crippen LogP contribution is 2.35. The van der Waals surface area contributed by atoms with Crippen molar-refractivity contribution in [3.05, 3.63) is 0 Å². The number of rotatable bonds is 3. The molecule has 2 saturated heterocycles. The average molecular weight is 213 g/mol. The van der Waals surface area contributed by atoms with E-state index in [1.54, 1.807) is 0 Å². The van der Waals surface area contributed by atoms with Crippen molar-refractivity contribution in [1.82, 2.24) is 5.32 Å². The van der Waals surface area contributed by atoms with Gasteiger partial charge in [0, 0.05) is 25.7 Å². The van der Waals surface area contributed by atoms with Gasteiger partial charge in [-0.25, -0.2) is 0 Å². The topological polar surface area (TPSA) is 30.5 Å². The Labute approximate surface area is 92.5 Å². The average Bonchev–Trinajstić information content (AvgIpc) is 2.63. The molecule has 88 valence electrons. The predicted octanol–water partition coefficient (Wildman–Crippen LogP) is 1.57. The minimum absolute atomic E-state index is 0.0710. The van der Waals surface area contributed by atoms with Gasteiger partial charge in [0.15, 0.2) is 0 Å². The van der Waals surface area contributed by atoms with Crippen LogP contribution in [0.5, 0.6) is 0 Å². The summed E-state index contributed by atoms with van der Waals surface area (Å²) in [5.74, 6) is 0.767. The van der Waals surface area contributed by atoms with Gasteiger partial charge < -0.3 is 14.8 Å². The van der Waals surface area contributed by atoms with Gasteiger partial charge in [-0.1, -0.05) is 13.8 Å². The fourth-order valence-corrected chi connectivity index (χ4v) is 2.57. The van der Waals surface area contributed by atoms with Crippen LogP contribution in [0.15, 0.2) is 0 Å². The zero-order chi connectivity index (χ0) is 10.7. The highest BCUT2D eigenvalue weighted by Gasteiger charge is 2.40. The van der Waals surface area contributed by atoms with Crippen molar-refractivity contribution in [2.45, 2.75) is 44.8 Å². The van der Waals surface area contributed by atoms with Crippen LogP contribution in [0.2, 0.25) is 0 Å². The molecule has 15 heavy (non-hydrogen) atoms. The van der Waals surface area contributed by atoms with Crippen LogP contribution in [0.1, 0.15) is 33.1 Å². The molecule has 0 radical (unpaired) electrons. The summed E-state index contributed by atoms with van der Waals surface area (Å²) in [5, 5.41) is 3.53. The molecule has 3 heteroatoms. The highest BCUT2D eigenvalue weighted by atomic mass is 16.6. The van der Waals surface area contributed by atoms with Crippen molar-refractivity contribution in [3.63, 3.8) is 0 Å². The van der Waals surface area contributed by atoms with Crippen LogP contribution in [-0.2, 0) is 9.47 Å². The van der Waals surface area contributed by atoms with E-state index in [2.05, 4.69) is 19.2 Å². The van der Waals surface area contributed by atoms with E-state index in [4.69, 9.17) is 9.47 Å². The quantitative estimate of drug-likeness (QED) is 0.772. The van der Waals surface area contributed by atoms with Gasteiger partial charge >= 0.3 is 0 Å². The van der Waals surface area contributed by atoms with E-state index >= 15 is 0 Å². The van der Waals surface area contributed by atoms with Gasteiger partial charge in [0.1, 0.15) is 0 Å². The molecular formula is C12H23NO2. The second kappa shape index (κ2) is 4.81. The van der Waals surface area contributed by atoms with E-state index in [0.717, 1.165) is 38.7 Å². The number of hydrogen-bond acceptors (Lipinski definition) is 3. The third-order valence-electron chi connectivity index (χ3n) is 3.48. The van der Waals surface area contributed by atoms with Crippen LogP contribution in [0.4, 0.5) is 0 Å². The number of hydrogen-bond donors (Lipinski definition) is 1. The standard InChI is InChI=1S/C12H23NO2/c1-10(2)13-8-11-3-5-15-12(7-11)4-6-14-9-12/h10-11,13H,3-9H2,1-2H3. The molecule has 0 aliphatic carbocycles. The maximum absolute atomic E-state index is 5.91. The minimum atomic E-state index is 0.0710. The lowest BCUT2D eigenvalue weighted by Gasteiger charge is -2.37. The summed E-state index contributed by atoms with van der Waals surface area (Å²) in [6, 6.07) is 0.587. The van der Waals surface area contributed by atoms with Crippen molar-refractivity contribution in [3.8, 4) is 0 Å². The zero-order valence-corrected chi connectivity index (χ0v) is 9.92. The molecule has 1 N–H and O–H groups in total. The molecule has 2 atom stereocenters. The summed E-state index contributed by atoms with van der Waals surface area (Å²) in [5.41, 5.74) is 0.0710. The molecule has 0 aromatic carbocycles. The first-order chi connectivity index (χ1) is 7.20. The smallest absolute Gasteiger partial charge is 0.0939 e. The van der Waals surface area contributed by atoms with Crippen molar-refractivity contribution < 1.29 is 9.47 Å². The summed E-state index contributed by atoms with van der Waals surface area (Å²) in [4.78, 5) is 0. The Morgan fingerprint density at radius 1 is 1.40 bits per heavy atom. The summed E-state index contributed by atoms with van der Waals surface area (Å²) in [6.45, 7) is 8.13. The van der Waals surface area contributed by atoms with Gasteiger partial charge in [0.05, 0.1) is 12.2 Å². The molecule has 2 aliphatic heterocycles. The lowest BCUT2D eigenvalue weighted by Crippen LogP contribution is -2.43. The van der Waals surface area contributed by atoms with Gasteiger partial charge in [-0.2, -0.15) is 0 Å². The van der Waals surface area contributed by atoms with E-state index in [-0.39, 0.29) is 5.60 Å². The van der Waals surface area contributed by atoms with Crippen LogP contribution in [-0.4, -0.2) is 38.0 Å². The second-order valence-corrected chi connectivity index (χ2v) is 5.26. The van der Waals surface area contributed by atoms with Gasteiger partial charge in [-0.15, -0.1) is 0 Å². The molecule has 0 amide bonds. The Morgan fingerprint density at radius 2 is 2.27 bits per heavy atom. The molecular weight excluding hydrogens is 190 g/mol. The first-order valence-corrected chi connectivity index (χ1v) is 6.15. The summed E-state index contributed by atoms with van der Waals surface area (Å²) in [7, 11) is 0. The third kappa shape index (κ3) is 2.92. The van der Waals surface area contributed by atoms with Crippen molar-refractivity contribution in [2.75, 3.05) is 26.4 Å². The van der Waals surface area contributed by atoms with Gasteiger partial charge in [-0.05, 0) is 25.3 Å². The molecule has 2 heterocycles. The van der Waals surface area contributed by atoms with Gasteiger partial charge in [0.2, 0.25) is 0 Å². The molecule has 2 aliphatic rings. The third-order valence-corrected chi connectivity index (χ3v) is 3.48. The normalized spacial score (nSPS) is 36.6. The second-order valence-electron chi connectivity index (χ2n) is 5.26. The summed E-state index contributed by atoms with van der Waals surface area (Å²) < 4.78 is 11.4. The first kappa shape index (κ1) is 11.4. The van der Waals surface area contributed by atoms with Crippen LogP contribution >= 0.6 is 0 Å². The highest BCUT2D eigenvalue weighted by molar-refractivity contribution is 4.90. The molecule has 2 unspecified atom stereocenters. The first-order valence-electron chi connectivity index (χ1n) is 6.15. The fraction of sp³-hybridized carbons (Fsp3) is 1.00. The van der Waals surface area contributed by atoms with Crippen molar-refractivity contribution in [1.29, 1.82) is 0 Å². The van der Waals surface area contributed by atoms with Gasteiger partial charge in [-0.3, -0.25) is 0 Å². The molecule has 2 rings (SSSR count). The van der Waals surface area contributed by atoms with E-state index in [9.17, 15) is 0 Å². The Hall–Kier alpha value is -0.120. The maximum atomic E-state index is 5.91. The van der Waals surface area contributed by atoms with Crippen LogP contribution in [0, 0.1) is 5.92 Å². The Bertz CT molecular complexity index is 200. The zero-order valence-electron chi connectivity index (χ0n) is 9.92. The SMILES string of the molecule is CC(C)NCC1CCOC2(CCOC2)C1. The van der Waals surface area contributed by atoms with Crippen LogP contribution in [0.25, 0.3) is 0 Å². The van der Waals surface area contributed by atoms with E-state index in [1.165, 1.54) is 12.8 Å². The van der Waals surface area contributed by atoms with Gasteiger partial charge in [0.25, 0.3) is 0 Å². The monoisotopic (exact) mass is 213 g/mol. The molecule has 0 bridgehead atoms. The Balaban J connectivity index is 1.81. The molecule has 0 aromatic heterocycles. The van der Waals surface area contributed by atoms with Crippen LogP contribution in [0.3, 0.4) is 0 Å². The molecule has 2 fully saturated rings. The minimum Gasteiger partial charge on any atom is -0.378 e. The predicted molar refractivity (Wildman–Crippen MR) is 60.0 cm³/mol. The van der Waals surface area contributed by atoms with Crippen LogP contribution < -0.4 is 5.32 Å².